The Hall–Kier alpha value is -2.97. The van der Waals surface area contributed by atoms with Crippen LogP contribution in [-0.4, -0.2) is 50.9 Å². The van der Waals surface area contributed by atoms with Gasteiger partial charge in [-0.05, 0) is 43.9 Å². The first-order chi connectivity index (χ1) is 14.5. The summed E-state index contributed by atoms with van der Waals surface area (Å²) in [6, 6.07) is 5.14. The minimum absolute atomic E-state index is 0.0621. The van der Waals surface area contributed by atoms with Crippen LogP contribution in [0.1, 0.15) is 47.3 Å². The van der Waals surface area contributed by atoms with E-state index in [0.717, 1.165) is 19.3 Å². The van der Waals surface area contributed by atoms with Crippen molar-refractivity contribution in [2.45, 2.75) is 37.8 Å². The number of aliphatic hydroxyl groups excluding tert-OH is 1. The molecule has 156 valence electrons. The van der Waals surface area contributed by atoms with E-state index < -0.39 is 0 Å². The van der Waals surface area contributed by atoms with E-state index in [1.807, 2.05) is 0 Å². The topological polar surface area (TPSA) is 127 Å². The first-order valence-corrected chi connectivity index (χ1v) is 10.2. The predicted octanol–water partition coefficient (Wildman–Crippen LogP) is 3.10. The number of nitrogens with one attached hydrogen (secondary N) is 4. The number of hydrogen-bond donors (Lipinski definition) is 5. The standard InChI is InChI=1S/C21H23ClN6O2/c1-24-16-7-11(22)5-6-14(16)18(23)17-10-26-20-19(28-17)15(9-25-20)21(30)27-12-3-2-4-13(29)8-12/h5-7,9-10,12-13,23-24,29H,2-4,8H2,1H3,(H,25,26)(H,27,30). The van der Waals surface area contributed by atoms with Crippen molar-refractivity contribution >= 4 is 40.1 Å². The number of nitrogens with zero attached hydrogens (tertiary/aromatic N) is 2. The second kappa shape index (κ2) is 8.41. The van der Waals surface area contributed by atoms with Gasteiger partial charge in [-0.15, -0.1) is 0 Å². The van der Waals surface area contributed by atoms with E-state index in [2.05, 4.69) is 25.6 Å². The number of benzene rings is 1. The van der Waals surface area contributed by atoms with E-state index in [1.54, 1.807) is 31.4 Å². The summed E-state index contributed by atoms with van der Waals surface area (Å²) in [5.74, 6) is -0.263. The van der Waals surface area contributed by atoms with Gasteiger partial charge in [0.1, 0.15) is 11.2 Å². The summed E-state index contributed by atoms with van der Waals surface area (Å²) < 4.78 is 0. The van der Waals surface area contributed by atoms with Gasteiger partial charge in [-0.2, -0.15) is 0 Å². The lowest BCUT2D eigenvalue weighted by Gasteiger charge is -2.26. The van der Waals surface area contributed by atoms with Crippen LogP contribution in [0.3, 0.4) is 0 Å². The number of carbonyl (C=O) groups is 1. The summed E-state index contributed by atoms with van der Waals surface area (Å²) in [4.78, 5) is 24.7. The van der Waals surface area contributed by atoms with E-state index in [-0.39, 0.29) is 23.8 Å². The van der Waals surface area contributed by atoms with Crippen molar-refractivity contribution in [3.8, 4) is 0 Å². The molecular weight excluding hydrogens is 404 g/mol. The van der Waals surface area contributed by atoms with Crippen molar-refractivity contribution in [3.63, 3.8) is 0 Å². The molecule has 1 aliphatic carbocycles. The van der Waals surface area contributed by atoms with Crippen LogP contribution in [0.25, 0.3) is 11.2 Å². The van der Waals surface area contributed by atoms with Crippen molar-refractivity contribution in [2.75, 3.05) is 12.4 Å². The minimum atomic E-state index is -0.375. The van der Waals surface area contributed by atoms with Crippen molar-refractivity contribution in [1.82, 2.24) is 20.3 Å². The Balaban J connectivity index is 1.63. The Labute approximate surface area is 178 Å². The van der Waals surface area contributed by atoms with Crippen molar-refractivity contribution in [2.24, 2.45) is 0 Å². The monoisotopic (exact) mass is 426 g/mol. The SMILES string of the molecule is CNc1cc(Cl)ccc1C(=N)c1cnc2[nH]cc(C(=O)NC3CCCC(O)C3)c2n1. The van der Waals surface area contributed by atoms with Gasteiger partial charge < -0.3 is 20.7 Å². The minimum Gasteiger partial charge on any atom is -0.393 e. The van der Waals surface area contributed by atoms with Gasteiger partial charge in [0, 0.05) is 35.6 Å². The van der Waals surface area contributed by atoms with E-state index >= 15 is 0 Å². The van der Waals surface area contributed by atoms with Gasteiger partial charge in [-0.25, -0.2) is 9.97 Å². The predicted molar refractivity (Wildman–Crippen MR) is 117 cm³/mol. The van der Waals surface area contributed by atoms with Crippen LogP contribution >= 0.6 is 11.6 Å². The van der Waals surface area contributed by atoms with Gasteiger partial charge in [-0.3, -0.25) is 10.2 Å². The number of rotatable bonds is 5. The number of carbonyl (C=O) groups excluding carboxylic acids is 1. The average Bonchev–Trinajstić information content (AvgIpc) is 3.16. The quantitative estimate of drug-likeness (QED) is 0.400. The van der Waals surface area contributed by atoms with Crippen LogP contribution < -0.4 is 10.6 Å². The molecule has 2 heterocycles. The molecule has 0 bridgehead atoms. The highest BCUT2D eigenvalue weighted by Gasteiger charge is 2.24. The number of aromatic amines is 1. The van der Waals surface area contributed by atoms with E-state index in [9.17, 15) is 9.90 Å². The molecule has 0 saturated heterocycles. The van der Waals surface area contributed by atoms with Crippen molar-refractivity contribution < 1.29 is 9.90 Å². The van der Waals surface area contributed by atoms with Crippen LogP contribution in [0.4, 0.5) is 5.69 Å². The Morgan fingerprint density at radius 3 is 2.93 bits per heavy atom. The maximum atomic E-state index is 12.8. The van der Waals surface area contributed by atoms with Gasteiger partial charge in [-0.1, -0.05) is 11.6 Å². The molecule has 0 spiro atoms. The summed E-state index contributed by atoms with van der Waals surface area (Å²) in [6.45, 7) is 0. The molecule has 1 aromatic carbocycles. The fraction of sp³-hybridized carbons (Fsp3) is 0.333. The molecule has 8 nitrogen and oxygen atoms in total. The number of H-pyrrole nitrogens is 1. The van der Waals surface area contributed by atoms with Crippen molar-refractivity contribution in [1.29, 1.82) is 5.41 Å². The lowest BCUT2D eigenvalue weighted by atomic mass is 9.93. The van der Waals surface area contributed by atoms with Gasteiger partial charge in [0.2, 0.25) is 0 Å². The normalized spacial score (nSPS) is 18.9. The largest absolute Gasteiger partial charge is 0.393 e. The van der Waals surface area contributed by atoms with E-state index in [0.29, 0.717) is 45.1 Å². The van der Waals surface area contributed by atoms with Crippen LogP contribution in [0, 0.1) is 5.41 Å². The van der Waals surface area contributed by atoms with Crippen LogP contribution in [0.2, 0.25) is 5.02 Å². The van der Waals surface area contributed by atoms with Gasteiger partial charge in [0.05, 0.1) is 23.6 Å². The molecule has 2 atom stereocenters. The molecule has 3 aromatic rings. The molecule has 2 unspecified atom stereocenters. The van der Waals surface area contributed by atoms with E-state index in [1.165, 1.54) is 6.20 Å². The molecule has 4 rings (SSSR count). The molecule has 1 fully saturated rings. The maximum absolute atomic E-state index is 12.8. The lowest BCUT2D eigenvalue weighted by molar-refractivity contribution is 0.0851. The molecule has 1 amide bonds. The summed E-state index contributed by atoms with van der Waals surface area (Å²) in [6.07, 6.45) is 5.77. The molecule has 0 aliphatic heterocycles. The molecule has 30 heavy (non-hydrogen) atoms. The summed E-state index contributed by atoms with van der Waals surface area (Å²) in [7, 11) is 1.76. The second-order valence-electron chi connectivity index (χ2n) is 7.46. The third kappa shape index (κ3) is 4.01. The number of halogens is 1. The number of aliphatic hydroxyl groups is 1. The van der Waals surface area contributed by atoms with Crippen molar-refractivity contribution in [3.05, 3.63) is 52.4 Å². The Kier molecular flexibility index (Phi) is 5.69. The Morgan fingerprint density at radius 2 is 2.17 bits per heavy atom. The average molecular weight is 427 g/mol. The lowest BCUT2D eigenvalue weighted by Crippen LogP contribution is -2.39. The van der Waals surface area contributed by atoms with Crippen LogP contribution in [0.5, 0.6) is 0 Å². The summed E-state index contributed by atoms with van der Waals surface area (Å²) >= 11 is 6.05. The van der Waals surface area contributed by atoms with E-state index in [4.69, 9.17) is 17.0 Å². The first kappa shape index (κ1) is 20.3. The third-order valence-corrected chi connectivity index (χ3v) is 5.62. The highest BCUT2D eigenvalue weighted by atomic mass is 35.5. The zero-order valence-corrected chi connectivity index (χ0v) is 17.3. The Bertz CT molecular complexity index is 1110. The fourth-order valence-electron chi connectivity index (χ4n) is 3.82. The molecule has 1 saturated carbocycles. The molecule has 9 heteroatoms. The highest BCUT2D eigenvalue weighted by Crippen LogP contribution is 2.24. The van der Waals surface area contributed by atoms with Gasteiger partial charge in [0.25, 0.3) is 5.91 Å². The summed E-state index contributed by atoms with van der Waals surface area (Å²) in [5.41, 5.74) is 3.12. The molecule has 1 aliphatic rings. The number of fused-ring (bicyclic) bond motifs is 1. The van der Waals surface area contributed by atoms with Crippen LogP contribution in [-0.2, 0) is 0 Å². The zero-order valence-electron chi connectivity index (χ0n) is 16.5. The molecule has 0 radical (unpaired) electrons. The first-order valence-electron chi connectivity index (χ1n) is 9.86. The van der Waals surface area contributed by atoms with Gasteiger partial charge in [0.15, 0.2) is 5.65 Å². The highest BCUT2D eigenvalue weighted by molar-refractivity contribution is 6.31. The molecule has 5 N–H and O–H groups in total. The zero-order chi connectivity index (χ0) is 21.3. The number of amides is 1. The molecule has 2 aromatic heterocycles. The smallest absolute Gasteiger partial charge is 0.255 e. The fourth-order valence-corrected chi connectivity index (χ4v) is 3.99. The third-order valence-electron chi connectivity index (χ3n) is 5.38. The maximum Gasteiger partial charge on any atom is 0.255 e. The van der Waals surface area contributed by atoms with Gasteiger partial charge >= 0.3 is 0 Å². The summed E-state index contributed by atoms with van der Waals surface area (Å²) in [5, 5.41) is 25.0. The number of aromatic nitrogens is 3. The number of hydrogen-bond acceptors (Lipinski definition) is 6. The molecular formula is C21H23ClN6O2. The second-order valence-corrected chi connectivity index (χ2v) is 7.90. The number of anilines is 1. The van der Waals surface area contributed by atoms with Crippen LogP contribution in [0.15, 0.2) is 30.6 Å². The Morgan fingerprint density at radius 1 is 1.33 bits per heavy atom.